The average molecular weight is 281 g/mol. The molecule has 0 fully saturated rings. The molecule has 6 nitrogen and oxygen atoms in total. The molecule has 0 saturated carbocycles. The van der Waals surface area contributed by atoms with Gasteiger partial charge in [-0.15, -0.1) is 0 Å². The van der Waals surface area contributed by atoms with E-state index in [1.807, 2.05) is 12.1 Å². The van der Waals surface area contributed by atoms with Crippen LogP contribution in [0.2, 0.25) is 0 Å². The highest BCUT2D eigenvalue weighted by Gasteiger charge is 2.06. The number of rotatable bonds is 3. The predicted molar refractivity (Wildman–Crippen MR) is 78.2 cm³/mol. The second-order valence-electron chi connectivity index (χ2n) is 4.61. The van der Waals surface area contributed by atoms with Crippen LogP contribution in [0.4, 0.5) is 5.69 Å². The number of nitro benzene ring substituents is 1. The molecule has 0 radical (unpaired) electrons. The lowest BCUT2D eigenvalue weighted by molar-refractivity contribution is -0.384. The summed E-state index contributed by atoms with van der Waals surface area (Å²) in [5.74, 6) is 0. The molecule has 0 N–H and O–H groups in total. The normalized spacial score (nSPS) is 10.7. The van der Waals surface area contributed by atoms with Crippen molar-refractivity contribution in [3.8, 4) is 0 Å². The van der Waals surface area contributed by atoms with Gasteiger partial charge in [0, 0.05) is 17.5 Å². The monoisotopic (exact) mass is 281 g/mol. The van der Waals surface area contributed by atoms with Gasteiger partial charge in [-0.2, -0.15) is 5.10 Å². The SMILES string of the molecule is O=c1cnn(Cc2ccc([N+](=O)[O-])cc2)c2ccccc12. The molecule has 3 rings (SSSR count). The van der Waals surface area contributed by atoms with E-state index in [4.69, 9.17) is 0 Å². The Morgan fingerprint density at radius 1 is 1.10 bits per heavy atom. The van der Waals surface area contributed by atoms with Gasteiger partial charge in [0.1, 0.15) is 0 Å². The second-order valence-corrected chi connectivity index (χ2v) is 4.61. The summed E-state index contributed by atoms with van der Waals surface area (Å²) in [7, 11) is 0. The molecule has 0 aliphatic heterocycles. The summed E-state index contributed by atoms with van der Waals surface area (Å²) in [6, 6.07) is 13.5. The largest absolute Gasteiger partial charge is 0.287 e. The molecule has 0 unspecified atom stereocenters. The van der Waals surface area contributed by atoms with E-state index in [1.165, 1.54) is 18.3 Å². The summed E-state index contributed by atoms with van der Waals surface area (Å²) in [6.07, 6.45) is 1.29. The molecular weight excluding hydrogens is 270 g/mol. The van der Waals surface area contributed by atoms with Crippen LogP contribution in [0.5, 0.6) is 0 Å². The number of nitrogens with zero attached hydrogens (tertiary/aromatic N) is 3. The summed E-state index contributed by atoms with van der Waals surface area (Å²) >= 11 is 0. The molecule has 21 heavy (non-hydrogen) atoms. The van der Waals surface area contributed by atoms with Crippen LogP contribution in [0.3, 0.4) is 0 Å². The summed E-state index contributed by atoms with van der Waals surface area (Å²) in [5.41, 5.74) is 1.55. The van der Waals surface area contributed by atoms with Crippen LogP contribution in [-0.4, -0.2) is 14.7 Å². The zero-order chi connectivity index (χ0) is 14.8. The van der Waals surface area contributed by atoms with Crippen LogP contribution in [0.15, 0.2) is 59.5 Å². The van der Waals surface area contributed by atoms with Gasteiger partial charge in [0.2, 0.25) is 5.43 Å². The number of hydrogen-bond acceptors (Lipinski definition) is 4. The molecule has 6 heteroatoms. The fourth-order valence-corrected chi connectivity index (χ4v) is 2.18. The highest BCUT2D eigenvalue weighted by Crippen LogP contribution is 2.14. The molecule has 0 aliphatic carbocycles. The Labute approximate surface area is 119 Å². The third-order valence-electron chi connectivity index (χ3n) is 3.24. The molecule has 0 spiro atoms. The minimum Gasteiger partial charge on any atom is -0.287 e. The van der Waals surface area contributed by atoms with Gasteiger partial charge in [-0.05, 0) is 17.7 Å². The van der Waals surface area contributed by atoms with Gasteiger partial charge in [-0.1, -0.05) is 24.3 Å². The highest BCUT2D eigenvalue weighted by atomic mass is 16.6. The van der Waals surface area contributed by atoms with Gasteiger partial charge < -0.3 is 0 Å². The number of aromatic nitrogens is 2. The molecule has 0 saturated heterocycles. The third kappa shape index (κ3) is 2.51. The highest BCUT2D eigenvalue weighted by molar-refractivity contribution is 5.77. The van der Waals surface area contributed by atoms with E-state index in [9.17, 15) is 14.9 Å². The van der Waals surface area contributed by atoms with Crippen LogP contribution in [0, 0.1) is 10.1 Å². The van der Waals surface area contributed by atoms with E-state index >= 15 is 0 Å². The molecule has 0 bridgehead atoms. The van der Waals surface area contributed by atoms with Gasteiger partial charge in [-0.3, -0.25) is 19.6 Å². The number of nitro groups is 1. The van der Waals surface area contributed by atoms with E-state index in [1.54, 1.807) is 28.9 Å². The van der Waals surface area contributed by atoms with Gasteiger partial charge in [0.15, 0.2) is 0 Å². The zero-order valence-corrected chi connectivity index (χ0v) is 11.0. The standard InChI is InChI=1S/C15H11N3O3/c19-15-9-16-17(14-4-2-1-3-13(14)15)10-11-5-7-12(8-6-11)18(20)21/h1-9H,10H2. The van der Waals surface area contributed by atoms with Crippen molar-refractivity contribution in [2.75, 3.05) is 0 Å². The Morgan fingerprint density at radius 2 is 1.81 bits per heavy atom. The van der Waals surface area contributed by atoms with E-state index in [0.29, 0.717) is 11.9 Å². The predicted octanol–water partition coefficient (Wildman–Crippen LogP) is 2.35. The molecule has 1 aromatic heterocycles. The lowest BCUT2D eigenvalue weighted by Gasteiger charge is -2.09. The van der Waals surface area contributed by atoms with Gasteiger partial charge in [0.25, 0.3) is 5.69 Å². The summed E-state index contributed by atoms with van der Waals surface area (Å²) in [5, 5.41) is 15.4. The second kappa shape index (κ2) is 5.16. The maximum Gasteiger partial charge on any atom is 0.269 e. The lowest BCUT2D eigenvalue weighted by Crippen LogP contribution is -2.12. The van der Waals surface area contributed by atoms with E-state index in [-0.39, 0.29) is 11.1 Å². The number of benzene rings is 2. The van der Waals surface area contributed by atoms with Crippen molar-refractivity contribution in [3.63, 3.8) is 0 Å². The lowest BCUT2D eigenvalue weighted by atomic mass is 10.2. The van der Waals surface area contributed by atoms with Crippen LogP contribution in [0.25, 0.3) is 10.9 Å². The van der Waals surface area contributed by atoms with Crippen LogP contribution < -0.4 is 5.43 Å². The smallest absolute Gasteiger partial charge is 0.269 e. The average Bonchev–Trinajstić information content (AvgIpc) is 2.51. The van der Waals surface area contributed by atoms with Crippen LogP contribution in [0.1, 0.15) is 5.56 Å². The Hall–Kier alpha value is -3.02. The molecule has 0 amide bonds. The number of non-ortho nitro benzene ring substituents is 1. The van der Waals surface area contributed by atoms with E-state index < -0.39 is 4.92 Å². The van der Waals surface area contributed by atoms with Crippen molar-refractivity contribution in [2.24, 2.45) is 0 Å². The Bertz CT molecular complexity index is 869. The first-order chi connectivity index (χ1) is 10.1. The molecule has 2 aromatic carbocycles. The minimum atomic E-state index is -0.434. The first kappa shape index (κ1) is 13.0. The summed E-state index contributed by atoms with van der Waals surface area (Å²) in [4.78, 5) is 22.0. The minimum absolute atomic E-state index is 0.0523. The number of para-hydroxylation sites is 1. The van der Waals surface area contributed by atoms with E-state index in [2.05, 4.69) is 5.10 Å². The van der Waals surface area contributed by atoms with Crippen LogP contribution >= 0.6 is 0 Å². The number of hydrogen-bond donors (Lipinski definition) is 0. The van der Waals surface area contributed by atoms with Gasteiger partial charge in [-0.25, -0.2) is 0 Å². The van der Waals surface area contributed by atoms with Crippen molar-refractivity contribution >= 4 is 16.6 Å². The molecule has 0 atom stereocenters. The Kier molecular flexibility index (Phi) is 3.19. The fourth-order valence-electron chi connectivity index (χ4n) is 2.18. The topological polar surface area (TPSA) is 78.0 Å². The maximum absolute atomic E-state index is 11.8. The van der Waals surface area contributed by atoms with Gasteiger partial charge in [0.05, 0.1) is 23.2 Å². The van der Waals surface area contributed by atoms with Crippen molar-refractivity contribution in [3.05, 3.63) is 80.6 Å². The molecule has 0 aliphatic rings. The van der Waals surface area contributed by atoms with Gasteiger partial charge >= 0.3 is 0 Å². The Balaban J connectivity index is 2.00. The quantitative estimate of drug-likeness (QED) is 0.545. The van der Waals surface area contributed by atoms with Crippen molar-refractivity contribution in [1.29, 1.82) is 0 Å². The Morgan fingerprint density at radius 3 is 2.52 bits per heavy atom. The first-order valence-corrected chi connectivity index (χ1v) is 6.33. The summed E-state index contributed by atoms with van der Waals surface area (Å²) in [6.45, 7) is 0.443. The molecule has 1 heterocycles. The molecule has 3 aromatic rings. The van der Waals surface area contributed by atoms with Crippen molar-refractivity contribution < 1.29 is 4.92 Å². The maximum atomic E-state index is 11.8. The van der Waals surface area contributed by atoms with Crippen molar-refractivity contribution in [1.82, 2.24) is 9.78 Å². The van der Waals surface area contributed by atoms with Crippen molar-refractivity contribution in [2.45, 2.75) is 6.54 Å². The van der Waals surface area contributed by atoms with E-state index in [0.717, 1.165) is 11.1 Å². The number of fused-ring (bicyclic) bond motifs is 1. The first-order valence-electron chi connectivity index (χ1n) is 6.33. The molecule has 104 valence electrons. The van der Waals surface area contributed by atoms with Crippen LogP contribution in [-0.2, 0) is 6.54 Å². The molecular formula is C15H11N3O3. The summed E-state index contributed by atoms with van der Waals surface area (Å²) < 4.78 is 1.71. The fraction of sp³-hybridized carbons (Fsp3) is 0.0667. The zero-order valence-electron chi connectivity index (χ0n) is 11.0. The third-order valence-corrected chi connectivity index (χ3v) is 3.24.